The van der Waals surface area contributed by atoms with Gasteiger partial charge in [0.15, 0.2) is 0 Å². The van der Waals surface area contributed by atoms with Gasteiger partial charge in [0.2, 0.25) is 0 Å². The normalized spacial score (nSPS) is 31.4. The van der Waals surface area contributed by atoms with Gasteiger partial charge in [0.25, 0.3) is 0 Å². The molecule has 2 rings (SSSR count). The van der Waals surface area contributed by atoms with Crippen molar-refractivity contribution in [2.75, 3.05) is 0 Å². The molecule has 0 spiro atoms. The van der Waals surface area contributed by atoms with Crippen molar-refractivity contribution in [3.63, 3.8) is 0 Å². The van der Waals surface area contributed by atoms with Gasteiger partial charge in [-0.3, -0.25) is 9.59 Å². The van der Waals surface area contributed by atoms with E-state index >= 15 is 0 Å². The molecule has 37 heavy (non-hydrogen) atoms. The molecule has 206 valence electrons. The second-order valence-corrected chi connectivity index (χ2v) is 11.3. The lowest BCUT2D eigenvalue weighted by atomic mass is 9.73. The number of allylic oxidation sites excluding steroid dienone is 2. The summed E-state index contributed by atoms with van der Waals surface area (Å²) in [5, 5.41) is 24.0. The van der Waals surface area contributed by atoms with Gasteiger partial charge in [-0.25, -0.2) is 4.98 Å². The number of aliphatic hydroxyl groups is 2. The third-order valence-electron chi connectivity index (χ3n) is 6.81. The van der Waals surface area contributed by atoms with Crippen LogP contribution >= 0.6 is 11.3 Å². The van der Waals surface area contributed by atoms with Gasteiger partial charge >= 0.3 is 12.1 Å². The van der Waals surface area contributed by atoms with Crippen molar-refractivity contribution in [3.05, 3.63) is 45.5 Å². The fourth-order valence-electron chi connectivity index (χ4n) is 4.17. The summed E-state index contributed by atoms with van der Waals surface area (Å²) in [6.45, 7) is 9.55. The van der Waals surface area contributed by atoms with Gasteiger partial charge in [0.1, 0.15) is 11.9 Å². The van der Waals surface area contributed by atoms with Crippen LogP contribution in [0.2, 0.25) is 0 Å². The average Bonchev–Trinajstić information content (AvgIpc) is 3.21. The third-order valence-corrected chi connectivity index (χ3v) is 7.60. The van der Waals surface area contributed by atoms with Crippen molar-refractivity contribution < 1.29 is 37.7 Å². The molecule has 6 nitrogen and oxygen atoms in total. The Morgan fingerprint density at radius 1 is 1.24 bits per heavy atom. The summed E-state index contributed by atoms with van der Waals surface area (Å²) in [6.07, 6.45) is -4.04. The monoisotopic (exact) mass is 543 g/mol. The van der Waals surface area contributed by atoms with Gasteiger partial charge in [-0.05, 0) is 31.9 Å². The summed E-state index contributed by atoms with van der Waals surface area (Å²) in [6, 6.07) is 0. The number of rotatable bonds is 2. The summed E-state index contributed by atoms with van der Waals surface area (Å²) < 4.78 is 46.8. The first-order valence-electron chi connectivity index (χ1n) is 12.2. The Kier molecular flexibility index (Phi) is 10.4. The van der Waals surface area contributed by atoms with Crippen LogP contribution in [0.1, 0.15) is 64.6 Å². The van der Waals surface area contributed by atoms with Crippen LogP contribution < -0.4 is 0 Å². The minimum atomic E-state index is -4.61. The molecule has 0 saturated carbocycles. The molecule has 0 bridgehead atoms. The quantitative estimate of drug-likeness (QED) is 0.373. The van der Waals surface area contributed by atoms with Crippen LogP contribution in [0.5, 0.6) is 0 Å². The van der Waals surface area contributed by atoms with Crippen molar-refractivity contribution in [1.29, 1.82) is 0 Å². The molecule has 2 N–H and O–H groups in total. The molecular formula is C27H36F3NO5S. The van der Waals surface area contributed by atoms with E-state index in [0.717, 1.165) is 11.1 Å². The molecule has 0 radical (unpaired) electrons. The van der Waals surface area contributed by atoms with E-state index in [1.165, 1.54) is 44.3 Å². The van der Waals surface area contributed by atoms with Crippen LogP contribution in [-0.2, 0) is 14.3 Å². The van der Waals surface area contributed by atoms with E-state index in [9.17, 15) is 33.0 Å². The molecule has 0 fully saturated rings. The fourth-order valence-corrected chi connectivity index (χ4v) is 4.74. The SMILES string of the molecule is CC(=Cc1csc(C)n1)C1C/C=C(/C(F)(F)F)C/C=C/C(C)C(O)C(C)C(=O)C(C)(C)[C@@H](O)CC(=O)O1. The summed E-state index contributed by atoms with van der Waals surface area (Å²) in [7, 11) is 0. The first kappa shape index (κ1) is 30.9. The number of ketones is 1. The molecule has 1 aliphatic rings. The van der Waals surface area contributed by atoms with Gasteiger partial charge in [-0.15, -0.1) is 11.3 Å². The number of carbonyl (C=O) groups excluding carboxylic acids is 2. The Balaban J connectivity index is 2.50. The number of alkyl halides is 3. The standard InChI is InChI=1S/C27H36F3NO5S/c1-15-8-7-9-19(27(28,29)30)10-11-21(16(2)12-20-14-37-18(4)31-20)36-23(33)13-22(32)26(5,6)25(35)17(3)24(15)34/h7-8,10,12,14-15,17,21-22,24,32,34H,9,11,13H2,1-6H3/b8-7+,16-12?,19-10+/t15?,17?,21?,22-,24?/m0/s1. The third kappa shape index (κ3) is 8.35. The number of aromatic nitrogens is 1. The van der Waals surface area contributed by atoms with Gasteiger partial charge < -0.3 is 14.9 Å². The van der Waals surface area contributed by atoms with Gasteiger partial charge in [-0.2, -0.15) is 13.2 Å². The van der Waals surface area contributed by atoms with Crippen LogP contribution in [0.15, 0.2) is 34.8 Å². The molecule has 1 aromatic heterocycles. The maximum Gasteiger partial charge on any atom is 0.412 e. The number of thiazole rings is 1. The lowest BCUT2D eigenvalue weighted by Gasteiger charge is -2.34. The van der Waals surface area contributed by atoms with Crippen molar-refractivity contribution in [2.45, 2.75) is 85.3 Å². The molecule has 1 aliphatic heterocycles. The zero-order valence-electron chi connectivity index (χ0n) is 22.0. The van der Waals surface area contributed by atoms with Crippen LogP contribution in [0.4, 0.5) is 13.2 Å². The Morgan fingerprint density at radius 3 is 2.46 bits per heavy atom. The highest BCUT2D eigenvalue weighted by atomic mass is 32.1. The number of aliphatic hydroxyl groups excluding tert-OH is 2. The van der Waals surface area contributed by atoms with E-state index in [4.69, 9.17) is 4.74 Å². The number of hydrogen-bond donors (Lipinski definition) is 2. The zero-order valence-corrected chi connectivity index (χ0v) is 22.8. The van der Waals surface area contributed by atoms with E-state index in [-0.39, 0.29) is 6.42 Å². The summed E-state index contributed by atoms with van der Waals surface area (Å²) in [5.41, 5.74) is -1.11. The number of aryl methyl sites for hydroxylation is 1. The van der Waals surface area contributed by atoms with Crippen molar-refractivity contribution in [2.24, 2.45) is 17.3 Å². The van der Waals surface area contributed by atoms with E-state index in [2.05, 4.69) is 4.98 Å². The number of halogens is 3. The highest BCUT2D eigenvalue weighted by Crippen LogP contribution is 2.33. The maximum absolute atomic E-state index is 13.8. The highest BCUT2D eigenvalue weighted by Gasteiger charge is 2.42. The lowest BCUT2D eigenvalue weighted by Crippen LogP contribution is -2.45. The van der Waals surface area contributed by atoms with E-state index in [1.54, 1.807) is 25.3 Å². The van der Waals surface area contributed by atoms with E-state index in [0.29, 0.717) is 11.3 Å². The molecule has 5 atom stereocenters. The number of ether oxygens (including phenoxy) is 1. The number of Topliss-reactive ketones (excluding diaryl/α,β-unsaturated/α-hetero) is 1. The highest BCUT2D eigenvalue weighted by molar-refractivity contribution is 7.09. The molecule has 0 aliphatic carbocycles. The molecule has 10 heteroatoms. The Hall–Kier alpha value is -2.30. The Bertz CT molecular complexity index is 1060. The second kappa shape index (κ2) is 12.5. The molecule has 0 amide bonds. The Morgan fingerprint density at radius 2 is 1.89 bits per heavy atom. The zero-order chi connectivity index (χ0) is 28.1. The summed E-state index contributed by atoms with van der Waals surface area (Å²) >= 11 is 1.41. The smallest absolute Gasteiger partial charge is 0.412 e. The average molecular weight is 544 g/mol. The predicted molar refractivity (Wildman–Crippen MR) is 137 cm³/mol. The first-order valence-corrected chi connectivity index (χ1v) is 13.0. The second-order valence-electron chi connectivity index (χ2n) is 10.2. The number of hydrogen-bond acceptors (Lipinski definition) is 7. The minimum absolute atomic E-state index is 0.243. The van der Waals surface area contributed by atoms with Crippen molar-refractivity contribution >= 4 is 29.2 Å². The number of nitrogens with zero attached hydrogens (tertiary/aromatic N) is 1. The minimum Gasteiger partial charge on any atom is -0.457 e. The molecule has 0 saturated heterocycles. The van der Waals surface area contributed by atoms with Crippen LogP contribution in [-0.4, -0.2) is 51.4 Å². The van der Waals surface area contributed by atoms with Gasteiger partial charge in [-0.1, -0.05) is 45.9 Å². The molecular weight excluding hydrogens is 507 g/mol. The molecule has 4 unspecified atom stereocenters. The number of cyclic esters (lactones) is 1. The summed E-state index contributed by atoms with van der Waals surface area (Å²) in [5.74, 6) is -2.85. The number of carbonyl (C=O) groups is 2. The molecule has 2 heterocycles. The molecule has 0 aromatic carbocycles. The first-order chi connectivity index (χ1) is 17.0. The Labute approximate surface area is 219 Å². The van der Waals surface area contributed by atoms with Crippen LogP contribution in [0, 0.1) is 24.2 Å². The van der Waals surface area contributed by atoms with Crippen LogP contribution in [0.25, 0.3) is 6.08 Å². The predicted octanol–water partition coefficient (Wildman–Crippen LogP) is 5.58. The maximum atomic E-state index is 13.8. The fraction of sp³-hybridized carbons (Fsp3) is 0.593. The van der Waals surface area contributed by atoms with Gasteiger partial charge in [0.05, 0.1) is 34.7 Å². The van der Waals surface area contributed by atoms with E-state index in [1.807, 2.05) is 6.92 Å². The van der Waals surface area contributed by atoms with Crippen molar-refractivity contribution in [1.82, 2.24) is 4.98 Å². The number of esters is 1. The largest absolute Gasteiger partial charge is 0.457 e. The van der Waals surface area contributed by atoms with Crippen LogP contribution in [0.3, 0.4) is 0 Å². The molecule has 1 aromatic rings. The topological polar surface area (TPSA) is 96.7 Å². The van der Waals surface area contributed by atoms with E-state index < -0.39 is 71.9 Å². The summed E-state index contributed by atoms with van der Waals surface area (Å²) in [4.78, 5) is 30.2. The lowest BCUT2D eigenvalue weighted by molar-refractivity contribution is -0.154. The van der Waals surface area contributed by atoms with Crippen molar-refractivity contribution in [3.8, 4) is 0 Å². The van der Waals surface area contributed by atoms with Gasteiger partial charge in [0, 0.05) is 29.2 Å².